The van der Waals surface area contributed by atoms with E-state index in [2.05, 4.69) is 19.1 Å². The van der Waals surface area contributed by atoms with Crippen LogP contribution in [0, 0.1) is 28.9 Å². The predicted molar refractivity (Wildman–Crippen MR) is 136 cm³/mol. The van der Waals surface area contributed by atoms with Crippen molar-refractivity contribution in [3.63, 3.8) is 0 Å². The van der Waals surface area contributed by atoms with E-state index < -0.39 is 5.82 Å². The first kappa shape index (κ1) is 24.4. The highest BCUT2D eigenvalue weighted by atomic mass is 19.1. The first-order chi connectivity index (χ1) is 16.6. The lowest BCUT2D eigenvalue weighted by molar-refractivity contribution is 0.302. The maximum atomic E-state index is 15.3. The predicted octanol–water partition coefficient (Wildman–Crippen LogP) is 9.02. The summed E-state index contributed by atoms with van der Waals surface area (Å²) in [6.45, 7) is 2.27. The molecule has 3 aromatic rings. The second kappa shape index (κ2) is 11.6. The molecule has 0 amide bonds. The molecule has 0 radical (unpaired) electrons. The minimum atomic E-state index is -0.517. The lowest BCUT2D eigenvalue weighted by Gasteiger charge is -2.29. The van der Waals surface area contributed by atoms with Gasteiger partial charge in [0.1, 0.15) is 17.7 Å². The highest BCUT2D eigenvalue weighted by Gasteiger charge is 2.22. The van der Waals surface area contributed by atoms with Crippen LogP contribution < -0.4 is 0 Å². The number of nitrogens with zero attached hydrogens (tertiary/aromatic N) is 1. The quantitative estimate of drug-likeness (QED) is 0.293. The molecule has 34 heavy (non-hydrogen) atoms. The van der Waals surface area contributed by atoms with Crippen LogP contribution in [0.2, 0.25) is 0 Å². The van der Waals surface area contributed by atoms with Gasteiger partial charge in [-0.3, -0.25) is 0 Å². The number of halogens is 2. The number of benzene rings is 3. The Kier molecular flexibility index (Phi) is 8.33. The zero-order valence-corrected chi connectivity index (χ0v) is 20.3. The van der Waals surface area contributed by atoms with E-state index in [9.17, 15) is 4.39 Å². The fourth-order valence-corrected chi connectivity index (χ4v) is 5.53. The molecule has 0 atom stereocenters. The Morgan fingerprint density at radius 2 is 1.71 bits per heavy atom. The molecule has 0 unspecified atom stereocenters. The van der Waals surface area contributed by atoms with Crippen LogP contribution in [0.3, 0.4) is 0 Å². The third-order valence-electron chi connectivity index (χ3n) is 7.68. The van der Waals surface area contributed by atoms with Crippen molar-refractivity contribution in [2.24, 2.45) is 5.92 Å². The van der Waals surface area contributed by atoms with Gasteiger partial charge in [0.2, 0.25) is 0 Å². The van der Waals surface area contributed by atoms with E-state index in [4.69, 9.17) is 5.26 Å². The van der Waals surface area contributed by atoms with Crippen LogP contribution in [-0.4, -0.2) is 0 Å². The highest BCUT2D eigenvalue weighted by Crippen LogP contribution is 2.39. The minimum absolute atomic E-state index is 0.0388. The summed E-state index contributed by atoms with van der Waals surface area (Å²) in [5, 5.41) is 10.5. The normalized spacial score (nSPS) is 18.2. The average Bonchev–Trinajstić information content (AvgIpc) is 2.86. The fraction of sp³-hybridized carbons (Fsp3) is 0.452. The van der Waals surface area contributed by atoms with Crippen LogP contribution in [-0.2, 0) is 12.8 Å². The van der Waals surface area contributed by atoms with E-state index in [1.165, 1.54) is 75.5 Å². The van der Waals surface area contributed by atoms with Crippen molar-refractivity contribution in [3.8, 4) is 6.07 Å². The Balaban J connectivity index is 1.38. The smallest absolute Gasteiger partial charge is 0.141 e. The Morgan fingerprint density at radius 1 is 0.882 bits per heavy atom. The Bertz CT molecular complexity index is 1150. The van der Waals surface area contributed by atoms with Gasteiger partial charge < -0.3 is 0 Å². The second-order valence-corrected chi connectivity index (χ2v) is 10.0. The SMILES string of the molecule is CCCCCCC1CCC(c2ccc3c(F)c(CCc4ccc(C#N)c(F)c4)ccc3c2)CC1. The number of unbranched alkanes of at least 4 members (excludes halogenated alkanes) is 3. The van der Waals surface area contributed by atoms with Crippen molar-refractivity contribution in [2.45, 2.75) is 83.5 Å². The molecule has 1 aliphatic rings. The molecule has 0 aromatic heterocycles. The van der Waals surface area contributed by atoms with Gasteiger partial charge >= 0.3 is 0 Å². The van der Waals surface area contributed by atoms with E-state index in [0.29, 0.717) is 29.7 Å². The average molecular weight is 460 g/mol. The van der Waals surface area contributed by atoms with E-state index >= 15 is 4.39 Å². The molecular weight excluding hydrogens is 424 g/mol. The van der Waals surface area contributed by atoms with Crippen molar-refractivity contribution >= 4 is 10.8 Å². The summed E-state index contributed by atoms with van der Waals surface area (Å²) in [5.74, 6) is 0.787. The maximum Gasteiger partial charge on any atom is 0.141 e. The van der Waals surface area contributed by atoms with Gasteiger partial charge in [0.15, 0.2) is 0 Å². The first-order valence-corrected chi connectivity index (χ1v) is 13.0. The molecule has 1 aliphatic carbocycles. The third-order valence-corrected chi connectivity index (χ3v) is 7.68. The lowest BCUT2D eigenvalue weighted by Crippen LogP contribution is -2.13. The number of hydrogen-bond donors (Lipinski definition) is 0. The largest absolute Gasteiger partial charge is 0.206 e. The van der Waals surface area contributed by atoms with Crippen LogP contribution in [0.25, 0.3) is 10.8 Å². The Morgan fingerprint density at radius 3 is 2.44 bits per heavy atom. The molecule has 0 saturated heterocycles. The topological polar surface area (TPSA) is 23.8 Å². The van der Waals surface area contributed by atoms with Crippen LogP contribution in [0.4, 0.5) is 8.78 Å². The van der Waals surface area contributed by atoms with E-state index in [0.717, 1.165) is 16.9 Å². The monoisotopic (exact) mass is 459 g/mol. The Labute approximate surface area is 202 Å². The molecule has 1 fully saturated rings. The lowest BCUT2D eigenvalue weighted by atomic mass is 9.76. The second-order valence-electron chi connectivity index (χ2n) is 10.0. The van der Waals surface area contributed by atoms with E-state index in [-0.39, 0.29) is 11.4 Å². The van der Waals surface area contributed by atoms with Gasteiger partial charge in [0, 0.05) is 5.39 Å². The minimum Gasteiger partial charge on any atom is -0.206 e. The summed E-state index contributed by atoms with van der Waals surface area (Å²) in [7, 11) is 0. The van der Waals surface area contributed by atoms with Crippen molar-refractivity contribution < 1.29 is 8.78 Å². The van der Waals surface area contributed by atoms with Gasteiger partial charge in [0.25, 0.3) is 0 Å². The van der Waals surface area contributed by atoms with Gasteiger partial charge in [-0.25, -0.2) is 8.78 Å². The van der Waals surface area contributed by atoms with Gasteiger partial charge in [0.05, 0.1) is 5.56 Å². The third kappa shape index (κ3) is 5.84. The molecule has 0 N–H and O–H groups in total. The molecular formula is C31H35F2N. The molecule has 0 aliphatic heterocycles. The van der Waals surface area contributed by atoms with E-state index in [1.54, 1.807) is 6.07 Å². The van der Waals surface area contributed by atoms with Crippen LogP contribution in [0.5, 0.6) is 0 Å². The zero-order chi connectivity index (χ0) is 23.9. The number of aryl methyl sites for hydroxylation is 2. The van der Waals surface area contributed by atoms with Crippen molar-refractivity contribution in [1.82, 2.24) is 0 Å². The van der Waals surface area contributed by atoms with Gasteiger partial charge in [-0.1, -0.05) is 75.4 Å². The van der Waals surface area contributed by atoms with E-state index in [1.807, 2.05) is 24.3 Å². The summed E-state index contributed by atoms with van der Waals surface area (Å²) in [4.78, 5) is 0. The number of hydrogen-bond acceptors (Lipinski definition) is 1. The summed E-state index contributed by atoms with van der Waals surface area (Å²) in [5.41, 5.74) is 2.80. The number of fused-ring (bicyclic) bond motifs is 1. The van der Waals surface area contributed by atoms with Crippen LogP contribution >= 0.6 is 0 Å². The van der Waals surface area contributed by atoms with Crippen LogP contribution in [0.1, 0.15) is 92.9 Å². The molecule has 1 nitrogen and oxygen atoms in total. The fourth-order valence-electron chi connectivity index (χ4n) is 5.53. The Hall–Kier alpha value is -2.73. The zero-order valence-electron chi connectivity index (χ0n) is 20.3. The molecule has 1 saturated carbocycles. The van der Waals surface area contributed by atoms with Crippen LogP contribution in [0.15, 0.2) is 48.5 Å². The molecule has 178 valence electrons. The number of nitriles is 1. The van der Waals surface area contributed by atoms with Crippen molar-refractivity contribution in [3.05, 3.63) is 82.4 Å². The molecule has 0 bridgehead atoms. The molecule has 3 heteroatoms. The van der Waals surface area contributed by atoms with Gasteiger partial charge in [-0.05, 0) is 84.6 Å². The summed E-state index contributed by atoms with van der Waals surface area (Å²) in [6.07, 6.45) is 12.9. The molecule has 0 spiro atoms. The molecule has 3 aromatic carbocycles. The highest BCUT2D eigenvalue weighted by molar-refractivity contribution is 5.84. The van der Waals surface area contributed by atoms with Crippen molar-refractivity contribution in [2.75, 3.05) is 0 Å². The van der Waals surface area contributed by atoms with Crippen molar-refractivity contribution in [1.29, 1.82) is 5.26 Å². The maximum absolute atomic E-state index is 15.3. The summed E-state index contributed by atoms with van der Waals surface area (Å²) < 4.78 is 29.1. The first-order valence-electron chi connectivity index (χ1n) is 13.0. The molecule has 4 rings (SSSR count). The van der Waals surface area contributed by atoms with Gasteiger partial charge in [-0.15, -0.1) is 0 Å². The molecule has 0 heterocycles. The standard InChI is InChI=1S/C31H35F2N/c1-2-3-4-5-6-22-7-11-24(12-8-22)26-17-18-29-27(20-26)16-15-25(31(29)33)13-9-23-10-14-28(21-34)30(32)19-23/h10,14-20,22,24H,2-9,11-13H2,1H3. The number of rotatable bonds is 9. The summed E-state index contributed by atoms with van der Waals surface area (Å²) >= 11 is 0. The van der Waals surface area contributed by atoms with Gasteiger partial charge in [-0.2, -0.15) is 5.26 Å². The summed E-state index contributed by atoms with van der Waals surface area (Å²) in [6, 6.07) is 16.6.